The van der Waals surface area contributed by atoms with Gasteiger partial charge in [-0.3, -0.25) is 4.72 Å². The van der Waals surface area contributed by atoms with Crippen molar-refractivity contribution in [3.63, 3.8) is 0 Å². The number of nitrogens with one attached hydrogen (secondary N) is 1. The van der Waals surface area contributed by atoms with Crippen LogP contribution in [0.2, 0.25) is 5.02 Å². The molecular weight excluding hydrogens is 296 g/mol. The number of benzene rings is 2. The summed E-state index contributed by atoms with van der Waals surface area (Å²) in [6, 6.07) is 12.7. The van der Waals surface area contributed by atoms with Crippen LogP contribution in [-0.2, 0) is 10.0 Å². The summed E-state index contributed by atoms with van der Waals surface area (Å²) < 4.78 is 27.0. The minimum atomic E-state index is -3.74. The van der Waals surface area contributed by atoms with Gasteiger partial charge in [-0.25, -0.2) is 8.42 Å². The second-order valence-corrected chi connectivity index (χ2v) is 6.25. The summed E-state index contributed by atoms with van der Waals surface area (Å²) in [6.07, 6.45) is 0. The lowest BCUT2D eigenvalue weighted by atomic mass is 10.2. The minimum Gasteiger partial charge on any atom is -0.279 e. The molecule has 0 aliphatic heterocycles. The Bertz CT molecular complexity index is 795. The van der Waals surface area contributed by atoms with Crippen molar-refractivity contribution in [1.82, 2.24) is 0 Å². The van der Waals surface area contributed by atoms with Gasteiger partial charge >= 0.3 is 0 Å². The van der Waals surface area contributed by atoms with E-state index in [1.54, 1.807) is 31.2 Å². The number of rotatable bonds is 3. The van der Waals surface area contributed by atoms with Crippen molar-refractivity contribution in [2.24, 2.45) is 0 Å². The first-order valence-corrected chi connectivity index (χ1v) is 7.58. The second kappa shape index (κ2) is 5.53. The van der Waals surface area contributed by atoms with E-state index in [1.807, 2.05) is 6.07 Å². The van der Waals surface area contributed by atoms with E-state index < -0.39 is 10.0 Å². The first-order valence-electron chi connectivity index (χ1n) is 5.72. The first kappa shape index (κ1) is 14.4. The highest BCUT2D eigenvalue weighted by molar-refractivity contribution is 7.92. The van der Waals surface area contributed by atoms with E-state index in [0.29, 0.717) is 16.3 Å². The van der Waals surface area contributed by atoms with Crippen molar-refractivity contribution in [2.45, 2.75) is 11.8 Å². The van der Waals surface area contributed by atoms with Crippen LogP contribution in [0.25, 0.3) is 0 Å². The van der Waals surface area contributed by atoms with Gasteiger partial charge in [0, 0.05) is 5.02 Å². The second-order valence-electron chi connectivity index (χ2n) is 4.16. The molecule has 0 radical (unpaired) electrons. The molecule has 1 N–H and O–H groups in total. The van der Waals surface area contributed by atoms with Gasteiger partial charge < -0.3 is 0 Å². The van der Waals surface area contributed by atoms with E-state index in [0.717, 1.165) is 0 Å². The van der Waals surface area contributed by atoms with Crippen molar-refractivity contribution >= 4 is 27.3 Å². The molecule has 2 rings (SSSR count). The molecule has 0 unspecified atom stereocenters. The third-order valence-corrected chi connectivity index (χ3v) is 4.56. The molecule has 20 heavy (non-hydrogen) atoms. The quantitative estimate of drug-likeness (QED) is 0.945. The largest absolute Gasteiger partial charge is 0.279 e. The van der Waals surface area contributed by atoms with Crippen LogP contribution < -0.4 is 4.72 Å². The van der Waals surface area contributed by atoms with Crippen LogP contribution in [0, 0.1) is 18.3 Å². The maximum Gasteiger partial charge on any atom is 0.261 e. The number of halogens is 1. The average molecular weight is 307 g/mol. The number of nitriles is 1. The van der Waals surface area contributed by atoms with E-state index in [4.69, 9.17) is 16.9 Å². The Kier molecular flexibility index (Phi) is 3.98. The predicted molar refractivity (Wildman–Crippen MR) is 78.2 cm³/mol. The molecule has 0 bridgehead atoms. The Morgan fingerprint density at radius 1 is 1.20 bits per heavy atom. The standard InChI is InChI=1S/C14H11ClN2O2S/c1-10-13(15)6-3-7-14(10)17-20(18,19)12-5-2-4-11(8-12)9-16/h2-8,17H,1H3. The third-order valence-electron chi connectivity index (χ3n) is 2.79. The molecule has 102 valence electrons. The lowest BCUT2D eigenvalue weighted by molar-refractivity contribution is 0.601. The summed E-state index contributed by atoms with van der Waals surface area (Å²) >= 11 is 5.96. The Hall–Kier alpha value is -2.03. The normalized spacial score (nSPS) is 10.8. The number of nitrogens with zero attached hydrogens (tertiary/aromatic N) is 1. The first-order chi connectivity index (χ1) is 9.44. The Labute approximate surface area is 122 Å². The topological polar surface area (TPSA) is 70.0 Å². The maximum absolute atomic E-state index is 12.3. The molecule has 0 aliphatic rings. The van der Waals surface area contributed by atoms with Crippen molar-refractivity contribution < 1.29 is 8.42 Å². The van der Waals surface area contributed by atoms with Crippen LogP contribution in [0.3, 0.4) is 0 Å². The zero-order chi connectivity index (χ0) is 14.8. The zero-order valence-corrected chi connectivity index (χ0v) is 12.2. The molecule has 6 heteroatoms. The summed E-state index contributed by atoms with van der Waals surface area (Å²) in [5, 5.41) is 9.30. The maximum atomic E-state index is 12.3. The molecule has 0 atom stereocenters. The van der Waals surface area contributed by atoms with Crippen LogP contribution in [0.15, 0.2) is 47.4 Å². The smallest absolute Gasteiger partial charge is 0.261 e. The zero-order valence-electron chi connectivity index (χ0n) is 10.6. The Morgan fingerprint density at radius 2 is 1.90 bits per heavy atom. The Balaban J connectivity index is 2.41. The lowest BCUT2D eigenvalue weighted by Gasteiger charge is -2.11. The predicted octanol–water partition coefficient (Wildman–Crippen LogP) is 3.32. The van der Waals surface area contributed by atoms with Gasteiger partial charge in [0.15, 0.2) is 0 Å². The molecule has 2 aromatic rings. The van der Waals surface area contributed by atoms with Gasteiger partial charge in [0.1, 0.15) is 0 Å². The molecule has 0 saturated heterocycles. The summed E-state index contributed by atoms with van der Waals surface area (Å²) in [5.74, 6) is 0. The molecule has 0 spiro atoms. The number of hydrogen-bond acceptors (Lipinski definition) is 3. The number of sulfonamides is 1. The van der Waals surface area contributed by atoms with Crippen molar-refractivity contribution in [1.29, 1.82) is 5.26 Å². The van der Waals surface area contributed by atoms with E-state index in [9.17, 15) is 8.42 Å². The lowest BCUT2D eigenvalue weighted by Crippen LogP contribution is -2.14. The van der Waals surface area contributed by atoms with E-state index >= 15 is 0 Å². The molecule has 0 amide bonds. The highest BCUT2D eigenvalue weighted by Gasteiger charge is 2.16. The molecule has 4 nitrogen and oxygen atoms in total. The van der Waals surface area contributed by atoms with E-state index in [1.165, 1.54) is 18.2 Å². The van der Waals surface area contributed by atoms with E-state index in [-0.39, 0.29) is 10.5 Å². The van der Waals surface area contributed by atoms with Crippen LogP contribution >= 0.6 is 11.6 Å². The molecule has 0 aliphatic carbocycles. The molecule has 0 saturated carbocycles. The van der Waals surface area contributed by atoms with Crippen molar-refractivity contribution in [3.05, 3.63) is 58.6 Å². The van der Waals surface area contributed by atoms with Gasteiger partial charge in [0.05, 0.1) is 22.2 Å². The Morgan fingerprint density at radius 3 is 2.60 bits per heavy atom. The van der Waals surface area contributed by atoms with Crippen LogP contribution in [-0.4, -0.2) is 8.42 Å². The third kappa shape index (κ3) is 2.93. The van der Waals surface area contributed by atoms with Gasteiger partial charge in [0.25, 0.3) is 10.0 Å². The fourth-order valence-corrected chi connectivity index (χ4v) is 3.00. The highest BCUT2D eigenvalue weighted by atomic mass is 35.5. The number of anilines is 1. The average Bonchev–Trinajstić information content (AvgIpc) is 2.44. The van der Waals surface area contributed by atoms with Crippen LogP contribution in [0.4, 0.5) is 5.69 Å². The summed E-state index contributed by atoms with van der Waals surface area (Å²) in [4.78, 5) is 0.0379. The SMILES string of the molecule is Cc1c(Cl)cccc1NS(=O)(=O)c1cccc(C#N)c1. The molecule has 0 heterocycles. The highest BCUT2D eigenvalue weighted by Crippen LogP contribution is 2.25. The van der Waals surface area contributed by atoms with Gasteiger partial charge in [-0.05, 0) is 42.8 Å². The fourth-order valence-electron chi connectivity index (χ4n) is 1.65. The monoisotopic (exact) mass is 306 g/mol. The fraction of sp³-hybridized carbons (Fsp3) is 0.0714. The minimum absolute atomic E-state index is 0.0379. The van der Waals surface area contributed by atoms with Gasteiger partial charge in [-0.1, -0.05) is 23.7 Å². The summed E-state index contributed by atoms with van der Waals surface area (Å²) in [5.41, 5.74) is 1.35. The molecular formula is C14H11ClN2O2S. The molecule has 2 aromatic carbocycles. The van der Waals surface area contributed by atoms with Crippen LogP contribution in [0.1, 0.15) is 11.1 Å². The summed E-state index contributed by atoms with van der Waals surface area (Å²) in [7, 11) is -3.74. The van der Waals surface area contributed by atoms with Gasteiger partial charge in [-0.2, -0.15) is 5.26 Å². The molecule has 0 fully saturated rings. The van der Waals surface area contributed by atoms with Crippen molar-refractivity contribution in [2.75, 3.05) is 4.72 Å². The number of hydrogen-bond donors (Lipinski definition) is 1. The molecule has 0 aromatic heterocycles. The van der Waals surface area contributed by atoms with Gasteiger partial charge in [-0.15, -0.1) is 0 Å². The van der Waals surface area contributed by atoms with Crippen molar-refractivity contribution in [3.8, 4) is 6.07 Å². The van der Waals surface area contributed by atoms with Gasteiger partial charge in [0.2, 0.25) is 0 Å². The van der Waals surface area contributed by atoms with E-state index in [2.05, 4.69) is 4.72 Å². The summed E-state index contributed by atoms with van der Waals surface area (Å²) in [6.45, 7) is 1.73. The van der Waals surface area contributed by atoms with Crippen LogP contribution in [0.5, 0.6) is 0 Å².